The fourth-order valence-corrected chi connectivity index (χ4v) is 1.11. The lowest BCUT2D eigenvalue weighted by Gasteiger charge is -2.22. The number of benzene rings is 1. The molecule has 1 rings (SSSR count). The van der Waals surface area contributed by atoms with Crippen molar-refractivity contribution in [2.24, 2.45) is 0 Å². The Hall–Kier alpha value is -1.58. The number of hydrogen-bond acceptors (Lipinski definition) is 4. The summed E-state index contributed by atoms with van der Waals surface area (Å²) >= 11 is 0. The minimum atomic E-state index is -0.392. The second-order valence-electron chi connectivity index (χ2n) is 4.21. The average molecular weight is 212 g/mol. The van der Waals surface area contributed by atoms with Crippen molar-refractivity contribution in [3.63, 3.8) is 0 Å². The number of aromatic hydroxyl groups is 2. The molecule has 1 aromatic rings. The van der Waals surface area contributed by atoms with E-state index in [2.05, 4.69) is 0 Å². The first-order chi connectivity index (χ1) is 6.83. The van der Waals surface area contributed by atoms with Gasteiger partial charge >= 0.3 is 0 Å². The summed E-state index contributed by atoms with van der Waals surface area (Å²) in [6, 6.07) is 2.65. The third-order valence-corrected chi connectivity index (χ3v) is 1.68. The molecule has 0 aromatic heterocycles. The Morgan fingerprint density at radius 2 is 1.47 bits per heavy atom. The van der Waals surface area contributed by atoms with Gasteiger partial charge in [-0.1, -0.05) is 0 Å². The van der Waals surface area contributed by atoms with Crippen LogP contribution in [0.15, 0.2) is 12.1 Å². The van der Waals surface area contributed by atoms with Crippen LogP contribution in [0.5, 0.6) is 23.0 Å². The zero-order valence-corrected chi connectivity index (χ0v) is 9.37. The molecule has 0 bridgehead atoms. The highest BCUT2D eigenvalue weighted by molar-refractivity contribution is 5.53. The van der Waals surface area contributed by atoms with Gasteiger partial charge in [0.1, 0.15) is 5.60 Å². The number of hydrogen-bond donors (Lipinski definition) is 2. The molecule has 0 saturated heterocycles. The van der Waals surface area contributed by atoms with Crippen molar-refractivity contribution >= 4 is 0 Å². The maximum Gasteiger partial charge on any atom is 0.165 e. The molecule has 0 heterocycles. The zero-order valence-electron chi connectivity index (χ0n) is 9.37. The topological polar surface area (TPSA) is 58.9 Å². The standard InChI is InChI=1S/C11H16O4/c1-11(2,3)15-10-6-8(13)7(12)5-9(10)14-4/h5-6,12-13H,1-4H3. The first-order valence-electron chi connectivity index (χ1n) is 4.62. The summed E-state index contributed by atoms with van der Waals surface area (Å²) in [4.78, 5) is 0. The molecule has 0 saturated carbocycles. The second kappa shape index (κ2) is 3.88. The summed E-state index contributed by atoms with van der Waals surface area (Å²) in [5.41, 5.74) is -0.392. The van der Waals surface area contributed by atoms with Gasteiger partial charge in [0.05, 0.1) is 7.11 Å². The van der Waals surface area contributed by atoms with Crippen LogP contribution in [0.3, 0.4) is 0 Å². The van der Waals surface area contributed by atoms with Gasteiger partial charge in [-0.3, -0.25) is 0 Å². The molecule has 15 heavy (non-hydrogen) atoms. The van der Waals surface area contributed by atoms with Crippen LogP contribution in [-0.2, 0) is 0 Å². The van der Waals surface area contributed by atoms with E-state index in [-0.39, 0.29) is 11.5 Å². The van der Waals surface area contributed by atoms with Crippen LogP contribution in [-0.4, -0.2) is 22.9 Å². The number of methoxy groups -OCH3 is 1. The van der Waals surface area contributed by atoms with Crippen LogP contribution in [0.2, 0.25) is 0 Å². The van der Waals surface area contributed by atoms with Crippen molar-refractivity contribution in [1.29, 1.82) is 0 Å². The smallest absolute Gasteiger partial charge is 0.165 e. The van der Waals surface area contributed by atoms with Crippen molar-refractivity contribution in [3.8, 4) is 23.0 Å². The molecule has 0 fully saturated rings. The summed E-state index contributed by atoms with van der Waals surface area (Å²) < 4.78 is 10.6. The first-order valence-corrected chi connectivity index (χ1v) is 4.62. The van der Waals surface area contributed by atoms with E-state index in [4.69, 9.17) is 9.47 Å². The minimum Gasteiger partial charge on any atom is -0.504 e. The molecule has 0 aliphatic heterocycles. The van der Waals surface area contributed by atoms with E-state index in [0.717, 1.165) is 0 Å². The summed E-state index contributed by atoms with van der Waals surface area (Å²) in [5, 5.41) is 18.6. The molecule has 84 valence electrons. The van der Waals surface area contributed by atoms with Gasteiger partial charge in [-0.25, -0.2) is 0 Å². The normalized spacial score (nSPS) is 11.2. The van der Waals surface area contributed by atoms with Crippen LogP contribution in [0.4, 0.5) is 0 Å². The highest BCUT2D eigenvalue weighted by atomic mass is 16.5. The SMILES string of the molecule is COc1cc(O)c(O)cc1OC(C)(C)C. The van der Waals surface area contributed by atoms with Gasteiger partial charge in [0, 0.05) is 12.1 Å². The summed E-state index contributed by atoms with van der Waals surface area (Å²) in [6.45, 7) is 5.66. The van der Waals surface area contributed by atoms with Gasteiger partial charge in [0.2, 0.25) is 0 Å². The highest BCUT2D eigenvalue weighted by Crippen LogP contribution is 2.39. The molecule has 4 heteroatoms. The van der Waals surface area contributed by atoms with Gasteiger partial charge in [-0.05, 0) is 20.8 Å². The van der Waals surface area contributed by atoms with Gasteiger partial charge in [0.15, 0.2) is 23.0 Å². The lowest BCUT2D eigenvalue weighted by molar-refractivity contribution is 0.125. The second-order valence-corrected chi connectivity index (χ2v) is 4.21. The Morgan fingerprint density at radius 3 is 1.87 bits per heavy atom. The molecule has 1 aromatic carbocycles. The molecule has 2 N–H and O–H groups in total. The van der Waals surface area contributed by atoms with Gasteiger partial charge in [-0.15, -0.1) is 0 Å². The van der Waals surface area contributed by atoms with E-state index < -0.39 is 5.60 Å². The molecule has 0 radical (unpaired) electrons. The monoisotopic (exact) mass is 212 g/mol. The van der Waals surface area contributed by atoms with Crippen LogP contribution < -0.4 is 9.47 Å². The molecule has 0 amide bonds. The Kier molecular flexibility index (Phi) is 2.98. The van der Waals surface area contributed by atoms with E-state index in [1.54, 1.807) is 0 Å². The summed E-state index contributed by atoms with van der Waals surface area (Å²) in [7, 11) is 1.47. The maximum absolute atomic E-state index is 9.33. The third kappa shape index (κ3) is 2.94. The Labute approximate surface area is 89.1 Å². The van der Waals surface area contributed by atoms with E-state index in [9.17, 15) is 10.2 Å². The van der Waals surface area contributed by atoms with Gasteiger partial charge in [-0.2, -0.15) is 0 Å². The van der Waals surface area contributed by atoms with Crippen molar-refractivity contribution < 1.29 is 19.7 Å². The Morgan fingerprint density at radius 1 is 1.00 bits per heavy atom. The van der Waals surface area contributed by atoms with Crippen molar-refractivity contribution in [2.45, 2.75) is 26.4 Å². The highest BCUT2D eigenvalue weighted by Gasteiger charge is 2.17. The molecular formula is C11H16O4. The van der Waals surface area contributed by atoms with Crippen molar-refractivity contribution in [3.05, 3.63) is 12.1 Å². The molecule has 0 unspecified atom stereocenters. The quantitative estimate of drug-likeness (QED) is 0.738. The van der Waals surface area contributed by atoms with Gasteiger partial charge in [0.25, 0.3) is 0 Å². The third-order valence-electron chi connectivity index (χ3n) is 1.68. The van der Waals surface area contributed by atoms with Crippen LogP contribution in [0, 0.1) is 0 Å². The molecule has 0 spiro atoms. The fraction of sp³-hybridized carbons (Fsp3) is 0.455. The largest absolute Gasteiger partial charge is 0.504 e. The Bertz CT molecular complexity index is 352. The first kappa shape index (κ1) is 11.5. The number of phenols is 2. The van der Waals surface area contributed by atoms with Crippen molar-refractivity contribution in [1.82, 2.24) is 0 Å². The summed E-state index contributed by atoms with van der Waals surface area (Å²) in [5.74, 6) is 0.337. The summed E-state index contributed by atoms with van der Waals surface area (Å²) in [6.07, 6.45) is 0. The van der Waals surface area contributed by atoms with E-state index in [0.29, 0.717) is 11.5 Å². The minimum absolute atomic E-state index is 0.227. The molecule has 0 aliphatic rings. The fourth-order valence-electron chi connectivity index (χ4n) is 1.11. The van der Waals surface area contributed by atoms with Crippen molar-refractivity contribution in [2.75, 3.05) is 7.11 Å². The molecule has 4 nitrogen and oxygen atoms in total. The molecule has 0 atom stereocenters. The number of ether oxygens (including phenoxy) is 2. The Balaban J connectivity index is 3.11. The lowest BCUT2D eigenvalue weighted by atomic mass is 10.2. The molecule has 0 aliphatic carbocycles. The van der Waals surface area contributed by atoms with Crippen LogP contribution in [0.25, 0.3) is 0 Å². The molecular weight excluding hydrogens is 196 g/mol. The van der Waals surface area contributed by atoms with E-state index in [1.807, 2.05) is 20.8 Å². The predicted molar refractivity (Wildman–Crippen MR) is 56.7 cm³/mol. The maximum atomic E-state index is 9.33. The number of rotatable bonds is 2. The number of phenolic OH excluding ortho intramolecular Hbond substituents is 2. The van der Waals surface area contributed by atoms with E-state index >= 15 is 0 Å². The van der Waals surface area contributed by atoms with Crippen LogP contribution in [0.1, 0.15) is 20.8 Å². The zero-order chi connectivity index (χ0) is 11.6. The lowest BCUT2D eigenvalue weighted by Crippen LogP contribution is -2.23. The van der Waals surface area contributed by atoms with Crippen LogP contribution >= 0.6 is 0 Å². The van der Waals surface area contributed by atoms with Gasteiger partial charge < -0.3 is 19.7 Å². The predicted octanol–water partition coefficient (Wildman–Crippen LogP) is 2.28. The average Bonchev–Trinajstić information content (AvgIpc) is 2.08. The van der Waals surface area contributed by atoms with E-state index in [1.165, 1.54) is 19.2 Å².